The van der Waals surface area contributed by atoms with Crippen LogP contribution in [0.4, 0.5) is 5.13 Å². The van der Waals surface area contributed by atoms with Crippen LogP contribution in [0.15, 0.2) is 6.20 Å². The Labute approximate surface area is 145 Å². The molecule has 0 unspecified atom stereocenters. The quantitative estimate of drug-likeness (QED) is 0.800. The second-order valence-corrected chi connectivity index (χ2v) is 7.20. The highest BCUT2D eigenvalue weighted by Gasteiger charge is 2.15. The van der Waals surface area contributed by atoms with Gasteiger partial charge in [-0.15, -0.1) is 0 Å². The maximum Gasteiger partial charge on any atom is 0.260 e. The number of anilines is 1. The van der Waals surface area contributed by atoms with Gasteiger partial charge in [0.25, 0.3) is 5.91 Å². The Morgan fingerprint density at radius 2 is 2.08 bits per heavy atom. The molecule has 0 saturated carbocycles. The van der Waals surface area contributed by atoms with Crippen LogP contribution in [0.2, 0.25) is 0 Å². The molecule has 3 N–H and O–H groups in total. The lowest BCUT2D eigenvalue weighted by atomic mass is 10.1. The van der Waals surface area contributed by atoms with Crippen LogP contribution in [0, 0.1) is 19.8 Å². The van der Waals surface area contributed by atoms with Crippen molar-refractivity contribution >= 4 is 28.3 Å². The van der Waals surface area contributed by atoms with Gasteiger partial charge in [-0.1, -0.05) is 25.2 Å². The van der Waals surface area contributed by atoms with Crippen molar-refractivity contribution in [2.75, 3.05) is 5.32 Å². The lowest BCUT2D eigenvalue weighted by molar-refractivity contribution is -0.116. The molecule has 2 aromatic rings. The number of primary amides is 1. The third-order valence-electron chi connectivity index (χ3n) is 3.67. The number of hydrogen-bond acceptors (Lipinski definition) is 5. The number of carbonyl (C=O) groups is 2. The molecular weight excluding hydrogens is 326 g/mol. The molecule has 0 aromatic carbocycles. The van der Waals surface area contributed by atoms with E-state index in [2.05, 4.69) is 29.2 Å². The fourth-order valence-corrected chi connectivity index (χ4v) is 3.17. The average Bonchev–Trinajstić information content (AvgIpc) is 3.03. The molecule has 130 valence electrons. The Balaban J connectivity index is 1.96. The molecule has 2 aromatic heterocycles. The third-order valence-corrected chi connectivity index (χ3v) is 4.59. The van der Waals surface area contributed by atoms with E-state index in [1.807, 2.05) is 18.5 Å². The Bertz CT molecular complexity index is 748. The van der Waals surface area contributed by atoms with Gasteiger partial charge < -0.3 is 11.1 Å². The largest absolute Gasteiger partial charge is 0.365 e. The van der Waals surface area contributed by atoms with E-state index in [1.165, 1.54) is 6.20 Å². The molecule has 24 heavy (non-hydrogen) atoms. The minimum absolute atomic E-state index is 0.143. The smallest absolute Gasteiger partial charge is 0.260 e. The minimum Gasteiger partial charge on any atom is -0.365 e. The first kappa shape index (κ1) is 18.1. The highest BCUT2D eigenvalue weighted by atomic mass is 32.1. The summed E-state index contributed by atoms with van der Waals surface area (Å²) in [6, 6.07) is 0. The van der Waals surface area contributed by atoms with Gasteiger partial charge in [-0.3, -0.25) is 14.3 Å². The van der Waals surface area contributed by atoms with Gasteiger partial charge in [0.05, 0.1) is 11.9 Å². The van der Waals surface area contributed by atoms with E-state index < -0.39 is 5.91 Å². The predicted octanol–water partition coefficient (Wildman–Crippen LogP) is 2.28. The molecule has 0 fully saturated rings. The first-order valence-electron chi connectivity index (χ1n) is 7.86. The molecule has 0 aliphatic heterocycles. The van der Waals surface area contributed by atoms with Crippen molar-refractivity contribution in [2.45, 2.75) is 47.1 Å². The topological polar surface area (TPSA) is 103 Å². The van der Waals surface area contributed by atoms with E-state index in [0.717, 1.165) is 34.8 Å². The fourth-order valence-electron chi connectivity index (χ4n) is 2.49. The summed E-state index contributed by atoms with van der Waals surface area (Å²) in [4.78, 5) is 27.4. The maximum atomic E-state index is 12.1. The molecule has 2 rings (SSSR count). The van der Waals surface area contributed by atoms with Crippen LogP contribution in [0.3, 0.4) is 0 Å². The van der Waals surface area contributed by atoms with Gasteiger partial charge in [-0.25, -0.2) is 4.98 Å². The van der Waals surface area contributed by atoms with E-state index in [9.17, 15) is 9.59 Å². The van der Waals surface area contributed by atoms with Crippen LogP contribution >= 0.6 is 11.3 Å². The Morgan fingerprint density at radius 1 is 1.38 bits per heavy atom. The number of carbonyl (C=O) groups excluding carboxylic acids is 2. The van der Waals surface area contributed by atoms with Crippen molar-refractivity contribution in [1.82, 2.24) is 14.8 Å². The van der Waals surface area contributed by atoms with Gasteiger partial charge in [-0.2, -0.15) is 5.10 Å². The van der Waals surface area contributed by atoms with E-state index in [0.29, 0.717) is 28.8 Å². The van der Waals surface area contributed by atoms with Crippen molar-refractivity contribution < 1.29 is 9.59 Å². The van der Waals surface area contributed by atoms with Crippen molar-refractivity contribution in [3.8, 4) is 0 Å². The van der Waals surface area contributed by atoms with Crippen molar-refractivity contribution in [1.29, 1.82) is 0 Å². The van der Waals surface area contributed by atoms with Gasteiger partial charge in [0.2, 0.25) is 5.91 Å². The minimum atomic E-state index is -0.545. The maximum absolute atomic E-state index is 12.1. The number of nitrogens with two attached hydrogens (primary N) is 1. The van der Waals surface area contributed by atoms with Gasteiger partial charge in [0, 0.05) is 18.7 Å². The van der Waals surface area contributed by atoms with Crippen LogP contribution in [0.5, 0.6) is 0 Å². The number of aromatic nitrogens is 3. The van der Waals surface area contributed by atoms with Gasteiger partial charge in [0.1, 0.15) is 4.88 Å². The Kier molecular flexibility index (Phi) is 5.71. The summed E-state index contributed by atoms with van der Waals surface area (Å²) in [5, 5.41) is 7.64. The summed E-state index contributed by atoms with van der Waals surface area (Å²) in [5.41, 5.74) is 8.36. The summed E-state index contributed by atoms with van der Waals surface area (Å²) < 4.78 is 2.01. The predicted molar refractivity (Wildman–Crippen MR) is 94.1 cm³/mol. The standard InChI is InChI=1S/C16H23N5O2S/c1-9(2)8-21-11(4)12(10(3)20-21)5-6-14(22)19-16-18-7-13(24-16)15(17)23/h7,9H,5-6,8H2,1-4H3,(H2,17,23)(H,18,19,22). The van der Waals surface area contributed by atoms with Crippen LogP contribution < -0.4 is 11.1 Å². The summed E-state index contributed by atoms with van der Waals surface area (Å²) in [6.45, 7) is 9.18. The molecule has 0 saturated heterocycles. The molecule has 8 heteroatoms. The molecule has 2 amide bonds. The van der Waals surface area contributed by atoms with Crippen LogP contribution in [-0.4, -0.2) is 26.6 Å². The van der Waals surface area contributed by atoms with Crippen LogP contribution in [0.1, 0.15) is 46.9 Å². The van der Waals surface area contributed by atoms with Crippen molar-refractivity contribution in [2.24, 2.45) is 11.7 Å². The first-order valence-corrected chi connectivity index (χ1v) is 8.68. The van der Waals surface area contributed by atoms with Crippen molar-refractivity contribution in [3.05, 3.63) is 28.0 Å². The summed E-state index contributed by atoms with van der Waals surface area (Å²) in [5.74, 6) is -0.170. The van der Waals surface area contributed by atoms with Gasteiger partial charge >= 0.3 is 0 Å². The van der Waals surface area contributed by atoms with Crippen molar-refractivity contribution in [3.63, 3.8) is 0 Å². The zero-order valence-electron chi connectivity index (χ0n) is 14.4. The molecule has 0 radical (unpaired) electrons. The molecule has 0 atom stereocenters. The normalized spacial score (nSPS) is 11.0. The second-order valence-electron chi connectivity index (χ2n) is 6.17. The zero-order chi connectivity index (χ0) is 17.9. The van der Waals surface area contributed by atoms with E-state index in [-0.39, 0.29) is 5.91 Å². The summed E-state index contributed by atoms with van der Waals surface area (Å²) >= 11 is 1.07. The number of amides is 2. The fraction of sp³-hybridized carbons (Fsp3) is 0.500. The van der Waals surface area contributed by atoms with Gasteiger partial charge in [-0.05, 0) is 31.7 Å². The summed E-state index contributed by atoms with van der Waals surface area (Å²) in [6.07, 6.45) is 2.32. The number of thiazole rings is 1. The van der Waals surface area contributed by atoms with Crippen LogP contribution in [0.25, 0.3) is 0 Å². The highest BCUT2D eigenvalue weighted by Crippen LogP contribution is 2.19. The Hall–Kier alpha value is -2.22. The lowest BCUT2D eigenvalue weighted by Crippen LogP contribution is -2.13. The molecule has 0 bridgehead atoms. The SMILES string of the molecule is Cc1nn(CC(C)C)c(C)c1CCC(=O)Nc1ncc(C(N)=O)s1. The molecule has 0 aliphatic carbocycles. The number of hydrogen-bond donors (Lipinski definition) is 2. The van der Waals surface area contributed by atoms with E-state index in [1.54, 1.807) is 0 Å². The number of rotatable bonds is 7. The van der Waals surface area contributed by atoms with Crippen LogP contribution in [-0.2, 0) is 17.8 Å². The van der Waals surface area contributed by atoms with E-state index in [4.69, 9.17) is 5.73 Å². The molecule has 0 spiro atoms. The Morgan fingerprint density at radius 3 is 2.67 bits per heavy atom. The molecular formula is C16H23N5O2S. The molecule has 7 nitrogen and oxygen atoms in total. The first-order chi connectivity index (χ1) is 11.3. The summed E-state index contributed by atoms with van der Waals surface area (Å²) in [7, 11) is 0. The number of nitrogens with one attached hydrogen (secondary N) is 1. The number of nitrogens with zero attached hydrogens (tertiary/aromatic N) is 3. The second kappa shape index (κ2) is 7.57. The number of aryl methyl sites for hydroxylation is 1. The average molecular weight is 349 g/mol. The lowest BCUT2D eigenvalue weighted by Gasteiger charge is -2.08. The van der Waals surface area contributed by atoms with Gasteiger partial charge in [0.15, 0.2) is 5.13 Å². The molecule has 2 heterocycles. The molecule has 0 aliphatic rings. The van der Waals surface area contributed by atoms with E-state index >= 15 is 0 Å². The monoisotopic (exact) mass is 349 g/mol. The highest BCUT2D eigenvalue weighted by molar-refractivity contribution is 7.17. The third kappa shape index (κ3) is 4.41. The zero-order valence-corrected chi connectivity index (χ0v) is 15.2.